The summed E-state index contributed by atoms with van der Waals surface area (Å²) in [4.78, 5) is 26.7. The van der Waals surface area contributed by atoms with Crippen LogP contribution in [0.15, 0.2) is 54.6 Å². The lowest BCUT2D eigenvalue weighted by molar-refractivity contribution is -0.126. The molecule has 5 heteroatoms. The van der Waals surface area contributed by atoms with E-state index in [9.17, 15) is 14.0 Å². The number of likely N-dealkylation sites (tertiary alicyclic amines) is 1. The Balaban J connectivity index is 1.51. The lowest BCUT2D eigenvalue weighted by Gasteiger charge is -2.32. The maximum absolute atomic E-state index is 13.0. The zero-order chi connectivity index (χ0) is 18.4. The topological polar surface area (TPSA) is 49.4 Å². The molecule has 0 aliphatic carbocycles. The molecule has 136 valence electrons. The summed E-state index contributed by atoms with van der Waals surface area (Å²) in [6, 6.07) is 15.6. The molecule has 4 nitrogen and oxygen atoms in total. The predicted octanol–water partition coefficient (Wildman–Crippen LogP) is 3.04. The van der Waals surface area contributed by atoms with Gasteiger partial charge in [-0.1, -0.05) is 30.3 Å². The van der Waals surface area contributed by atoms with Crippen molar-refractivity contribution in [3.63, 3.8) is 0 Å². The van der Waals surface area contributed by atoms with Gasteiger partial charge in [0.2, 0.25) is 5.91 Å². The number of hydrogen-bond donors (Lipinski definition) is 1. The SMILES string of the molecule is O=C(NCCc1ccccc1)[C@H]1CCCN(C(=O)c2ccc(F)cc2)C1. The molecule has 1 aliphatic heterocycles. The van der Waals surface area contributed by atoms with E-state index < -0.39 is 0 Å². The van der Waals surface area contributed by atoms with E-state index in [-0.39, 0.29) is 23.5 Å². The number of nitrogens with one attached hydrogen (secondary N) is 1. The lowest BCUT2D eigenvalue weighted by Crippen LogP contribution is -2.45. The summed E-state index contributed by atoms with van der Waals surface area (Å²) in [5, 5.41) is 2.98. The molecule has 2 amide bonds. The fraction of sp³-hybridized carbons (Fsp3) is 0.333. The summed E-state index contributed by atoms with van der Waals surface area (Å²) < 4.78 is 13.0. The third-order valence-corrected chi connectivity index (χ3v) is 4.73. The Morgan fingerprint density at radius 2 is 1.81 bits per heavy atom. The van der Waals surface area contributed by atoms with Crippen LogP contribution in [0.4, 0.5) is 4.39 Å². The maximum Gasteiger partial charge on any atom is 0.253 e. The van der Waals surface area contributed by atoms with Crippen molar-refractivity contribution in [3.05, 3.63) is 71.5 Å². The standard InChI is InChI=1S/C21H23FN2O2/c22-19-10-8-17(9-11-19)21(26)24-14-4-7-18(15-24)20(25)23-13-12-16-5-2-1-3-6-16/h1-3,5-6,8-11,18H,4,7,12-15H2,(H,23,25)/t18-/m0/s1. The fourth-order valence-electron chi connectivity index (χ4n) is 3.27. The Bertz CT molecular complexity index is 746. The number of rotatable bonds is 5. The third kappa shape index (κ3) is 4.69. The quantitative estimate of drug-likeness (QED) is 0.897. The minimum atomic E-state index is -0.365. The lowest BCUT2D eigenvalue weighted by atomic mass is 9.96. The van der Waals surface area contributed by atoms with Crippen LogP contribution in [-0.4, -0.2) is 36.3 Å². The first-order valence-electron chi connectivity index (χ1n) is 9.00. The van der Waals surface area contributed by atoms with Crippen molar-refractivity contribution in [2.45, 2.75) is 19.3 Å². The highest BCUT2D eigenvalue weighted by atomic mass is 19.1. The Morgan fingerprint density at radius 3 is 2.54 bits per heavy atom. The van der Waals surface area contributed by atoms with Gasteiger partial charge in [-0.25, -0.2) is 4.39 Å². The number of nitrogens with zero attached hydrogens (tertiary/aromatic N) is 1. The Labute approximate surface area is 153 Å². The number of hydrogen-bond acceptors (Lipinski definition) is 2. The van der Waals surface area contributed by atoms with Gasteiger partial charge >= 0.3 is 0 Å². The summed E-state index contributed by atoms with van der Waals surface area (Å²) in [5.74, 6) is -0.705. The second-order valence-corrected chi connectivity index (χ2v) is 6.62. The van der Waals surface area contributed by atoms with Crippen molar-refractivity contribution in [1.29, 1.82) is 0 Å². The molecular formula is C21H23FN2O2. The normalized spacial score (nSPS) is 17.0. The monoisotopic (exact) mass is 354 g/mol. The fourth-order valence-corrected chi connectivity index (χ4v) is 3.27. The van der Waals surface area contributed by atoms with Crippen molar-refractivity contribution >= 4 is 11.8 Å². The third-order valence-electron chi connectivity index (χ3n) is 4.73. The Hall–Kier alpha value is -2.69. The van der Waals surface area contributed by atoms with Gasteiger partial charge in [0.05, 0.1) is 5.92 Å². The van der Waals surface area contributed by atoms with Crippen molar-refractivity contribution < 1.29 is 14.0 Å². The van der Waals surface area contributed by atoms with Crippen LogP contribution in [0.25, 0.3) is 0 Å². The van der Waals surface area contributed by atoms with Crippen LogP contribution in [0.1, 0.15) is 28.8 Å². The summed E-state index contributed by atoms with van der Waals surface area (Å²) in [6.45, 7) is 1.63. The molecule has 2 aromatic rings. The van der Waals surface area contributed by atoms with E-state index in [2.05, 4.69) is 5.32 Å². The number of carbonyl (C=O) groups is 2. The molecule has 2 aromatic carbocycles. The molecule has 1 atom stereocenters. The first-order chi connectivity index (χ1) is 12.6. The van der Waals surface area contributed by atoms with Gasteiger partial charge in [0.1, 0.15) is 5.82 Å². The first-order valence-corrected chi connectivity index (χ1v) is 9.00. The van der Waals surface area contributed by atoms with Crippen molar-refractivity contribution in [2.75, 3.05) is 19.6 Å². The highest BCUT2D eigenvalue weighted by Gasteiger charge is 2.28. The zero-order valence-electron chi connectivity index (χ0n) is 14.7. The van der Waals surface area contributed by atoms with Crippen molar-refractivity contribution in [2.24, 2.45) is 5.92 Å². The number of benzene rings is 2. The average molecular weight is 354 g/mol. The van der Waals surface area contributed by atoms with E-state index >= 15 is 0 Å². The first kappa shape index (κ1) is 18.1. The molecule has 0 saturated carbocycles. The molecule has 1 fully saturated rings. The molecule has 0 aromatic heterocycles. The minimum Gasteiger partial charge on any atom is -0.355 e. The average Bonchev–Trinajstić information content (AvgIpc) is 2.69. The van der Waals surface area contributed by atoms with Crippen molar-refractivity contribution in [1.82, 2.24) is 10.2 Å². The number of halogens is 1. The number of amides is 2. The Kier molecular flexibility index (Phi) is 6.00. The van der Waals surface area contributed by atoms with E-state index in [1.54, 1.807) is 4.90 Å². The van der Waals surface area contributed by atoms with E-state index in [1.807, 2.05) is 30.3 Å². The molecule has 1 saturated heterocycles. The number of piperidine rings is 1. The second kappa shape index (κ2) is 8.61. The molecule has 1 N–H and O–H groups in total. The van der Waals surface area contributed by atoms with Crippen molar-refractivity contribution in [3.8, 4) is 0 Å². The molecule has 1 heterocycles. The molecule has 3 rings (SSSR count). The van der Waals surface area contributed by atoms with Gasteiger partial charge < -0.3 is 10.2 Å². The smallest absolute Gasteiger partial charge is 0.253 e. The summed E-state index contributed by atoms with van der Waals surface area (Å²) in [6.07, 6.45) is 2.37. The summed E-state index contributed by atoms with van der Waals surface area (Å²) in [5.41, 5.74) is 1.64. The molecule has 1 aliphatic rings. The number of carbonyl (C=O) groups excluding carboxylic acids is 2. The predicted molar refractivity (Wildman–Crippen MR) is 98.2 cm³/mol. The highest BCUT2D eigenvalue weighted by molar-refractivity contribution is 5.94. The van der Waals surface area contributed by atoms with E-state index in [0.717, 1.165) is 19.3 Å². The van der Waals surface area contributed by atoms with Crippen LogP contribution < -0.4 is 5.32 Å². The van der Waals surface area contributed by atoms with Crippen LogP contribution in [0.2, 0.25) is 0 Å². The van der Waals surface area contributed by atoms with Crippen LogP contribution in [0.3, 0.4) is 0 Å². The molecule has 0 spiro atoms. The molecule has 0 radical (unpaired) electrons. The summed E-state index contributed by atoms with van der Waals surface area (Å²) >= 11 is 0. The van der Waals surface area contributed by atoms with E-state index in [4.69, 9.17) is 0 Å². The highest BCUT2D eigenvalue weighted by Crippen LogP contribution is 2.19. The minimum absolute atomic E-state index is 0.00228. The van der Waals surface area contributed by atoms with Gasteiger partial charge in [-0.05, 0) is 49.1 Å². The molecule has 0 unspecified atom stereocenters. The van der Waals surface area contributed by atoms with E-state index in [1.165, 1.54) is 29.8 Å². The molecule has 0 bridgehead atoms. The van der Waals surface area contributed by atoms with E-state index in [0.29, 0.717) is 25.2 Å². The van der Waals surface area contributed by atoms with Gasteiger partial charge in [-0.15, -0.1) is 0 Å². The Morgan fingerprint density at radius 1 is 1.08 bits per heavy atom. The van der Waals surface area contributed by atoms with Crippen LogP contribution in [0.5, 0.6) is 0 Å². The van der Waals surface area contributed by atoms with Gasteiger partial charge in [0.15, 0.2) is 0 Å². The van der Waals surface area contributed by atoms with Crippen LogP contribution >= 0.6 is 0 Å². The van der Waals surface area contributed by atoms with Gasteiger partial charge in [-0.2, -0.15) is 0 Å². The zero-order valence-corrected chi connectivity index (χ0v) is 14.7. The maximum atomic E-state index is 13.0. The van der Waals surface area contributed by atoms with Gasteiger partial charge in [0, 0.05) is 25.2 Å². The molecular weight excluding hydrogens is 331 g/mol. The molecule has 26 heavy (non-hydrogen) atoms. The van der Waals surface area contributed by atoms with Gasteiger partial charge in [-0.3, -0.25) is 9.59 Å². The summed E-state index contributed by atoms with van der Waals surface area (Å²) in [7, 11) is 0. The largest absolute Gasteiger partial charge is 0.355 e. The van der Waals surface area contributed by atoms with Crippen LogP contribution in [-0.2, 0) is 11.2 Å². The second-order valence-electron chi connectivity index (χ2n) is 6.62. The van der Waals surface area contributed by atoms with Crippen LogP contribution in [0, 0.1) is 11.7 Å². The van der Waals surface area contributed by atoms with Gasteiger partial charge in [0.25, 0.3) is 5.91 Å².